The van der Waals surface area contributed by atoms with Crippen LogP contribution < -0.4 is 11.1 Å². The van der Waals surface area contributed by atoms with Crippen molar-refractivity contribution in [1.82, 2.24) is 10.3 Å². The number of nitrogens with zero attached hydrogens (tertiary/aromatic N) is 1. The molecule has 0 fully saturated rings. The smallest absolute Gasteiger partial charge is 0.270 e. The van der Waals surface area contributed by atoms with Crippen LogP contribution >= 0.6 is 0 Å². The first kappa shape index (κ1) is 10.2. The minimum Gasteiger partial charge on any atom is -0.354 e. The van der Waals surface area contributed by atoms with Crippen LogP contribution in [-0.2, 0) is 0 Å². The highest BCUT2D eigenvalue weighted by molar-refractivity contribution is 5.94. The molecule has 1 amide bonds. The van der Waals surface area contributed by atoms with Gasteiger partial charge in [0.1, 0.15) is 5.69 Å². The van der Waals surface area contributed by atoms with Crippen molar-refractivity contribution in [2.45, 2.75) is 0 Å². The molecule has 0 radical (unpaired) electrons. The van der Waals surface area contributed by atoms with Crippen LogP contribution in [-0.4, -0.2) is 24.5 Å². The number of rotatable bonds is 1. The molecule has 4 heteroatoms. The average molecular weight is 189 g/mol. The minimum absolute atomic E-state index is 0.244. The fourth-order valence-electron chi connectivity index (χ4n) is 0.952. The molecule has 0 bridgehead atoms. The number of amides is 1. The van der Waals surface area contributed by atoms with E-state index in [1.165, 1.54) is 0 Å². The Bertz CT molecular complexity index is 390. The highest BCUT2D eigenvalue weighted by Crippen LogP contribution is 2.02. The first-order valence-corrected chi connectivity index (χ1v) is 4.15. The van der Waals surface area contributed by atoms with Crippen LogP contribution in [0.4, 0.5) is 0 Å². The van der Waals surface area contributed by atoms with Crippen LogP contribution in [0.3, 0.4) is 0 Å². The molecule has 1 heterocycles. The van der Waals surface area contributed by atoms with E-state index in [1.807, 2.05) is 0 Å². The second-order valence-electron chi connectivity index (χ2n) is 2.48. The van der Waals surface area contributed by atoms with E-state index in [0.717, 1.165) is 0 Å². The van der Waals surface area contributed by atoms with Crippen LogP contribution in [0.2, 0.25) is 0 Å². The number of nitrogens with one attached hydrogen (secondary N) is 1. The highest BCUT2D eigenvalue weighted by Gasteiger charge is 2.08. The van der Waals surface area contributed by atoms with E-state index in [1.54, 1.807) is 25.4 Å². The zero-order valence-electron chi connectivity index (χ0n) is 7.87. The molecule has 0 aliphatic rings. The van der Waals surface area contributed by atoms with Crippen molar-refractivity contribution < 1.29 is 4.79 Å². The fourth-order valence-corrected chi connectivity index (χ4v) is 0.952. The maximum atomic E-state index is 11.3. The van der Waals surface area contributed by atoms with Gasteiger partial charge < -0.3 is 11.1 Å². The quantitative estimate of drug-likeness (QED) is 0.599. The zero-order chi connectivity index (χ0) is 10.4. The molecule has 3 N–H and O–H groups in total. The largest absolute Gasteiger partial charge is 0.354 e. The van der Waals surface area contributed by atoms with Crippen LogP contribution in [0.5, 0.6) is 0 Å². The van der Waals surface area contributed by atoms with E-state index in [9.17, 15) is 4.79 Å². The Morgan fingerprint density at radius 3 is 3.14 bits per heavy atom. The van der Waals surface area contributed by atoms with Gasteiger partial charge in [0.2, 0.25) is 0 Å². The standard InChI is InChI=1S/C10H11N3O/c1-12-10(14)9-8(4-2-6-11)5-3-7-13-9/h3,5,7H,6,11H2,1H3,(H,12,14). The summed E-state index contributed by atoms with van der Waals surface area (Å²) >= 11 is 0. The summed E-state index contributed by atoms with van der Waals surface area (Å²) in [4.78, 5) is 15.3. The number of nitrogens with two attached hydrogens (primary N) is 1. The van der Waals surface area contributed by atoms with Crippen LogP contribution in [0.1, 0.15) is 16.1 Å². The monoisotopic (exact) mass is 189 g/mol. The summed E-state index contributed by atoms with van der Waals surface area (Å²) in [6.45, 7) is 0.266. The number of aromatic nitrogens is 1. The van der Waals surface area contributed by atoms with Gasteiger partial charge in [-0.2, -0.15) is 0 Å². The van der Waals surface area contributed by atoms with Crippen molar-refractivity contribution in [3.8, 4) is 11.8 Å². The van der Waals surface area contributed by atoms with Crippen molar-refractivity contribution in [3.05, 3.63) is 29.6 Å². The highest BCUT2D eigenvalue weighted by atomic mass is 16.1. The molecular weight excluding hydrogens is 178 g/mol. The van der Waals surface area contributed by atoms with E-state index in [0.29, 0.717) is 11.3 Å². The third-order valence-electron chi connectivity index (χ3n) is 1.57. The predicted octanol–water partition coefficient (Wildman–Crippen LogP) is -0.249. The maximum Gasteiger partial charge on any atom is 0.270 e. The van der Waals surface area contributed by atoms with Gasteiger partial charge in [0.15, 0.2) is 0 Å². The number of hydrogen-bond acceptors (Lipinski definition) is 3. The number of pyridine rings is 1. The SMILES string of the molecule is CNC(=O)c1ncccc1C#CCN. The minimum atomic E-state index is -0.244. The summed E-state index contributed by atoms with van der Waals surface area (Å²) in [5.74, 6) is 5.23. The van der Waals surface area contributed by atoms with Gasteiger partial charge in [-0.1, -0.05) is 11.8 Å². The Labute approximate surface area is 82.5 Å². The van der Waals surface area contributed by atoms with E-state index in [-0.39, 0.29) is 12.5 Å². The third kappa shape index (κ3) is 2.31. The number of carbonyl (C=O) groups excluding carboxylic acids is 1. The van der Waals surface area contributed by atoms with Gasteiger partial charge in [-0.25, -0.2) is 4.98 Å². The molecule has 0 unspecified atom stereocenters. The van der Waals surface area contributed by atoms with E-state index in [4.69, 9.17) is 5.73 Å². The Morgan fingerprint density at radius 2 is 2.50 bits per heavy atom. The van der Waals surface area contributed by atoms with Gasteiger partial charge in [0, 0.05) is 13.2 Å². The van der Waals surface area contributed by atoms with Gasteiger partial charge in [-0.15, -0.1) is 0 Å². The van der Waals surface area contributed by atoms with Gasteiger partial charge in [0.05, 0.1) is 12.1 Å². The lowest BCUT2D eigenvalue weighted by Crippen LogP contribution is -2.20. The maximum absolute atomic E-state index is 11.3. The van der Waals surface area contributed by atoms with E-state index >= 15 is 0 Å². The Balaban J connectivity index is 3.09. The van der Waals surface area contributed by atoms with E-state index in [2.05, 4.69) is 22.1 Å². The molecule has 0 saturated heterocycles. The molecule has 14 heavy (non-hydrogen) atoms. The van der Waals surface area contributed by atoms with Crippen molar-refractivity contribution >= 4 is 5.91 Å². The van der Waals surface area contributed by atoms with Crippen molar-refractivity contribution in [3.63, 3.8) is 0 Å². The summed E-state index contributed by atoms with van der Waals surface area (Å²) in [6, 6.07) is 3.47. The van der Waals surface area contributed by atoms with Crippen LogP contribution in [0.15, 0.2) is 18.3 Å². The topological polar surface area (TPSA) is 68.0 Å². The first-order valence-electron chi connectivity index (χ1n) is 4.15. The van der Waals surface area contributed by atoms with Crippen molar-refractivity contribution in [2.24, 2.45) is 5.73 Å². The average Bonchev–Trinajstić information content (AvgIpc) is 2.25. The van der Waals surface area contributed by atoms with Gasteiger partial charge in [-0.05, 0) is 12.1 Å². The molecule has 0 atom stereocenters. The third-order valence-corrected chi connectivity index (χ3v) is 1.57. The van der Waals surface area contributed by atoms with Crippen LogP contribution in [0.25, 0.3) is 0 Å². The lowest BCUT2D eigenvalue weighted by molar-refractivity contribution is 0.0958. The Kier molecular flexibility index (Phi) is 3.65. The predicted molar refractivity (Wildman–Crippen MR) is 53.6 cm³/mol. The van der Waals surface area contributed by atoms with Gasteiger partial charge >= 0.3 is 0 Å². The van der Waals surface area contributed by atoms with Gasteiger partial charge in [0.25, 0.3) is 5.91 Å². The summed E-state index contributed by atoms with van der Waals surface area (Å²) in [5.41, 5.74) is 6.16. The van der Waals surface area contributed by atoms with Crippen molar-refractivity contribution in [1.29, 1.82) is 0 Å². The molecule has 0 saturated carbocycles. The molecule has 0 aliphatic heterocycles. The summed E-state index contributed by atoms with van der Waals surface area (Å²) < 4.78 is 0. The summed E-state index contributed by atoms with van der Waals surface area (Å²) in [6.07, 6.45) is 1.55. The number of carbonyl (C=O) groups is 1. The summed E-state index contributed by atoms with van der Waals surface area (Å²) in [7, 11) is 1.55. The summed E-state index contributed by atoms with van der Waals surface area (Å²) in [5, 5.41) is 2.50. The molecule has 72 valence electrons. The molecule has 4 nitrogen and oxygen atoms in total. The molecule has 1 aromatic heterocycles. The molecule has 0 spiro atoms. The normalized spacial score (nSPS) is 8.71. The van der Waals surface area contributed by atoms with Crippen LogP contribution in [0, 0.1) is 11.8 Å². The van der Waals surface area contributed by atoms with Crippen molar-refractivity contribution in [2.75, 3.05) is 13.6 Å². The second-order valence-corrected chi connectivity index (χ2v) is 2.48. The molecular formula is C10H11N3O. The Morgan fingerprint density at radius 1 is 1.71 bits per heavy atom. The molecule has 0 aromatic carbocycles. The Hall–Kier alpha value is -1.86. The molecule has 0 aliphatic carbocycles. The zero-order valence-corrected chi connectivity index (χ0v) is 7.87. The fraction of sp³-hybridized carbons (Fsp3) is 0.200. The lowest BCUT2D eigenvalue weighted by Gasteiger charge is -2.00. The van der Waals surface area contributed by atoms with E-state index < -0.39 is 0 Å². The first-order chi connectivity index (χ1) is 6.79. The van der Waals surface area contributed by atoms with Gasteiger partial charge in [-0.3, -0.25) is 4.79 Å². The number of hydrogen-bond donors (Lipinski definition) is 2. The second kappa shape index (κ2) is 5.00. The molecule has 1 aromatic rings. The molecule has 1 rings (SSSR count). The lowest BCUT2D eigenvalue weighted by atomic mass is 10.2.